The predicted octanol–water partition coefficient (Wildman–Crippen LogP) is 3.59. The Morgan fingerprint density at radius 3 is 2.62 bits per heavy atom. The molecule has 0 radical (unpaired) electrons. The molecule has 134 valence electrons. The molecule has 0 unspecified atom stereocenters. The Morgan fingerprint density at radius 2 is 1.96 bits per heavy atom. The van der Waals surface area contributed by atoms with Crippen LogP contribution in [0.4, 0.5) is 5.69 Å². The Morgan fingerprint density at radius 1 is 1.23 bits per heavy atom. The molecule has 2 atom stereocenters. The van der Waals surface area contributed by atoms with Crippen LogP contribution in [-0.4, -0.2) is 38.6 Å². The molecule has 7 nitrogen and oxygen atoms in total. The van der Waals surface area contributed by atoms with Crippen molar-refractivity contribution in [3.8, 4) is 0 Å². The lowest BCUT2D eigenvalue weighted by Crippen LogP contribution is -2.43. The minimum absolute atomic E-state index is 0.0602. The number of aliphatic carboxylic acids is 1. The summed E-state index contributed by atoms with van der Waals surface area (Å²) in [6.45, 7) is 0. The highest BCUT2D eigenvalue weighted by Crippen LogP contribution is 2.44. The monoisotopic (exact) mass is 392 g/mol. The zero-order valence-electron chi connectivity index (χ0n) is 13.2. The molecule has 2 aromatic carbocycles. The molecule has 1 saturated heterocycles. The lowest BCUT2D eigenvalue weighted by atomic mass is 10.1. The number of carboxylic acids is 1. The molecule has 1 aliphatic heterocycles. The summed E-state index contributed by atoms with van der Waals surface area (Å²) >= 11 is 7.52. The van der Waals surface area contributed by atoms with Gasteiger partial charge < -0.3 is 10.0 Å². The molecule has 1 aliphatic rings. The van der Waals surface area contributed by atoms with E-state index < -0.39 is 28.2 Å². The zero-order valence-corrected chi connectivity index (χ0v) is 14.8. The van der Waals surface area contributed by atoms with E-state index in [-0.39, 0.29) is 17.0 Å². The largest absolute Gasteiger partial charge is 0.480 e. The van der Waals surface area contributed by atoms with E-state index in [9.17, 15) is 24.8 Å². The first-order valence-electron chi connectivity index (χ1n) is 7.56. The summed E-state index contributed by atoms with van der Waals surface area (Å²) in [5.74, 6) is -1.52. The van der Waals surface area contributed by atoms with E-state index in [0.29, 0.717) is 10.6 Å². The first-order chi connectivity index (χ1) is 12.4. The number of carbonyl (C=O) groups excluding carboxylic acids is 1. The van der Waals surface area contributed by atoms with Gasteiger partial charge in [0.25, 0.3) is 11.6 Å². The fraction of sp³-hybridized carbons (Fsp3) is 0.176. The van der Waals surface area contributed by atoms with Gasteiger partial charge in [-0.15, -0.1) is 11.8 Å². The topological polar surface area (TPSA) is 101 Å². The van der Waals surface area contributed by atoms with E-state index in [2.05, 4.69) is 0 Å². The number of carbonyl (C=O) groups is 2. The van der Waals surface area contributed by atoms with Gasteiger partial charge in [-0.1, -0.05) is 35.9 Å². The fourth-order valence-corrected chi connectivity index (χ4v) is 4.52. The minimum atomic E-state index is -1.13. The van der Waals surface area contributed by atoms with Crippen molar-refractivity contribution in [3.63, 3.8) is 0 Å². The van der Waals surface area contributed by atoms with E-state index in [1.54, 1.807) is 24.3 Å². The van der Waals surface area contributed by atoms with Crippen LogP contribution in [0, 0.1) is 10.1 Å². The average molecular weight is 393 g/mol. The molecule has 0 aromatic heterocycles. The lowest BCUT2D eigenvalue weighted by Gasteiger charge is -2.28. The van der Waals surface area contributed by atoms with Gasteiger partial charge >= 0.3 is 5.97 Å². The van der Waals surface area contributed by atoms with Crippen molar-refractivity contribution in [1.82, 2.24) is 4.90 Å². The number of hydrogen-bond acceptors (Lipinski definition) is 5. The highest BCUT2D eigenvalue weighted by atomic mass is 35.5. The van der Waals surface area contributed by atoms with Gasteiger partial charge in [0, 0.05) is 34.0 Å². The SMILES string of the molecule is O=C(O)[C@H]1CS[C@H](c2ccccc2Cl)N1C(=O)c1cccc([N+](=O)[O-])c1. The summed E-state index contributed by atoms with van der Waals surface area (Å²) in [5, 5.41) is 20.3. The predicted molar refractivity (Wildman–Crippen MR) is 97.3 cm³/mol. The Kier molecular flexibility index (Phi) is 5.15. The number of hydrogen-bond donors (Lipinski definition) is 1. The second kappa shape index (κ2) is 7.35. The molecule has 1 amide bonds. The maximum atomic E-state index is 13.0. The van der Waals surface area contributed by atoms with Crippen molar-refractivity contribution in [2.45, 2.75) is 11.4 Å². The first kappa shape index (κ1) is 18.2. The van der Waals surface area contributed by atoms with Gasteiger partial charge in [0.15, 0.2) is 0 Å². The van der Waals surface area contributed by atoms with Crippen LogP contribution >= 0.6 is 23.4 Å². The first-order valence-corrected chi connectivity index (χ1v) is 8.99. The number of halogens is 1. The number of rotatable bonds is 4. The molecule has 0 spiro atoms. The Bertz CT molecular complexity index is 891. The van der Waals surface area contributed by atoms with Gasteiger partial charge in [-0.25, -0.2) is 4.79 Å². The van der Waals surface area contributed by atoms with E-state index in [0.717, 1.165) is 6.07 Å². The number of nitrogens with zero attached hydrogens (tertiary/aromatic N) is 2. The third-order valence-corrected chi connectivity index (χ3v) is 5.64. The van der Waals surface area contributed by atoms with Gasteiger partial charge in [-0.05, 0) is 12.1 Å². The highest BCUT2D eigenvalue weighted by Gasteiger charge is 2.43. The molecule has 1 heterocycles. The normalized spacial score (nSPS) is 19.3. The van der Waals surface area contributed by atoms with Crippen LogP contribution in [0.25, 0.3) is 0 Å². The van der Waals surface area contributed by atoms with Crippen molar-refractivity contribution in [2.75, 3.05) is 5.75 Å². The molecule has 0 bridgehead atoms. The molecule has 2 aromatic rings. The average Bonchev–Trinajstić information content (AvgIpc) is 3.06. The standard InChI is InChI=1S/C17H13ClN2O5S/c18-13-7-2-1-6-12(13)16-19(14(9-26-16)17(22)23)15(21)10-4-3-5-11(8-10)20(24)25/h1-8,14,16H,9H2,(H,22,23)/t14-,16-/m1/s1. The number of benzene rings is 2. The third kappa shape index (κ3) is 3.38. The molecule has 1 fully saturated rings. The highest BCUT2D eigenvalue weighted by molar-refractivity contribution is 7.99. The van der Waals surface area contributed by atoms with Crippen LogP contribution in [-0.2, 0) is 4.79 Å². The number of non-ortho nitro benzene ring substituents is 1. The second-order valence-electron chi connectivity index (χ2n) is 5.58. The number of carboxylic acid groups (broad SMARTS) is 1. The summed E-state index contributed by atoms with van der Waals surface area (Å²) in [4.78, 5) is 36.2. The maximum Gasteiger partial charge on any atom is 0.327 e. The molecule has 1 N–H and O–H groups in total. The van der Waals surface area contributed by atoms with E-state index in [1.807, 2.05) is 0 Å². The van der Waals surface area contributed by atoms with Gasteiger partial charge in [-0.3, -0.25) is 14.9 Å². The summed E-state index contributed by atoms with van der Waals surface area (Å²) in [6.07, 6.45) is 0. The van der Waals surface area contributed by atoms with Crippen molar-refractivity contribution < 1.29 is 19.6 Å². The summed E-state index contributed by atoms with van der Waals surface area (Å²) < 4.78 is 0. The Balaban J connectivity index is 2.03. The van der Waals surface area contributed by atoms with Crippen molar-refractivity contribution >= 4 is 40.9 Å². The van der Waals surface area contributed by atoms with Gasteiger partial charge in [0.2, 0.25) is 0 Å². The fourth-order valence-electron chi connectivity index (χ4n) is 2.76. The van der Waals surface area contributed by atoms with Gasteiger partial charge in [0.05, 0.1) is 4.92 Å². The summed E-state index contributed by atoms with van der Waals surface area (Å²) in [7, 11) is 0. The van der Waals surface area contributed by atoms with Crippen LogP contribution in [0.5, 0.6) is 0 Å². The van der Waals surface area contributed by atoms with E-state index >= 15 is 0 Å². The summed E-state index contributed by atoms with van der Waals surface area (Å²) in [6, 6.07) is 11.1. The Labute approximate surface area is 157 Å². The smallest absolute Gasteiger partial charge is 0.327 e. The van der Waals surface area contributed by atoms with Crippen molar-refractivity contribution in [3.05, 3.63) is 74.8 Å². The third-order valence-electron chi connectivity index (χ3n) is 4.00. The maximum absolute atomic E-state index is 13.0. The van der Waals surface area contributed by atoms with E-state index in [4.69, 9.17) is 11.6 Å². The molecule has 0 aliphatic carbocycles. The van der Waals surface area contributed by atoms with Gasteiger partial charge in [0.1, 0.15) is 11.4 Å². The van der Waals surface area contributed by atoms with Crippen LogP contribution in [0.1, 0.15) is 21.3 Å². The molecule has 26 heavy (non-hydrogen) atoms. The molecule has 0 saturated carbocycles. The molecular formula is C17H13ClN2O5S. The molecule has 9 heteroatoms. The van der Waals surface area contributed by atoms with Crippen LogP contribution in [0.15, 0.2) is 48.5 Å². The number of thioether (sulfide) groups is 1. The zero-order chi connectivity index (χ0) is 18.8. The number of nitro benzene ring substituents is 1. The Hall–Kier alpha value is -2.58. The number of amides is 1. The lowest BCUT2D eigenvalue weighted by molar-refractivity contribution is -0.384. The van der Waals surface area contributed by atoms with Crippen molar-refractivity contribution in [2.24, 2.45) is 0 Å². The van der Waals surface area contributed by atoms with Crippen LogP contribution in [0.2, 0.25) is 5.02 Å². The van der Waals surface area contributed by atoms with Crippen LogP contribution < -0.4 is 0 Å². The van der Waals surface area contributed by atoms with Crippen LogP contribution in [0.3, 0.4) is 0 Å². The van der Waals surface area contributed by atoms with Gasteiger partial charge in [-0.2, -0.15) is 0 Å². The number of nitro groups is 1. The van der Waals surface area contributed by atoms with Crippen molar-refractivity contribution in [1.29, 1.82) is 0 Å². The van der Waals surface area contributed by atoms with E-state index in [1.165, 1.54) is 34.9 Å². The molecule has 3 rings (SSSR count). The quantitative estimate of drug-likeness (QED) is 0.630. The summed E-state index contributed by atoms with van der Waals surface area (Å²) in [5.41, 5.74) is 0.454. The second-order valence-corrected chi connectivity index (χ2v) is 7.10. The molecular weight excluding hydrogens is 380 g/mol. The minimum Gasteiger partial charge on any atom is -0.480 e.